The van der Waals surface area contributed by atoms with Crippen LogP contribution in [-0.2, 0) is 4.79 Å². The molecule has 0 fully saturated rings. The van der Waals surface area contributed by atoms with Crippen molar-refractivity contribution < 1.29 is 23.8 Å². The summed E-state index contributed by atoms with van der Waals surface area (Å²) in [6.07, 6.45) is -1.93. The molecule has 1 rings (SSSR count). The Bertz CT molecular complexity index is 395. The Morgan fingerprint density at radius 2 is 1.93 bits per heavy atom. The van der Waals surface area contributed by atoms with Crippen LogP contribution in [0.25, 0.3) is 0 Å². The molecule has 0 aliphatic heterocycles. The Kier molecular flexibility index (Phi) is 3.76. The lowest BCUT2D eigenvalue weighted by Crippen LogP contribution is -2.07. The molecule has 0 aromatic heterocycles. The van der Waals surface area contributed by atoms with Crippen LogP contribution in [0.3, 0.4) is 0 Å². The first-order chi connectivity index (χ1) is 6.91. The van der Waals surface area contributed by atoms with E-state index in [0.717, 1.165) is 12.1 Å². The van der Waals surface area contributed by atoms with E-state index in [4.69, 9.17) is 5.11 Å². The predicted octanol–water partition coefficient (Wildman–Crippen LogP) is 2.24. The molecule has 0 saturated carbocycles. The Balaban J connectivity index is 3.03. The van der Waals surface area contributed by atoms with Gasteiger partial charge in [0.1, 0.15) is 0 Å². The summed E-state index contributed by atoms with van der Waals surface area (Å²) in [7, 11) is 0. The number of hydrogen-bond donors (Lipinski definition) is 2. The monoisotopic (exact) mass is 280 g/mol. The van der Waals surface area contributed by atoms with Gasteiger partial charge in [-0.05, 0) is 17.7 Å². The molecule has 0 saturated heterocycles. The number of rotatable bonds is 3. The van der Waals surface area contributed by atoms with Crippen molar-refractivity contribution in [2.24, 2.45) is 0 Å². The lowest BCUT2D eigenvalue weighted by atomic mass is 10.1. The minimum atomic E-state index is -1.37. The maximum absolute atomic E-state index is 12.8. The van der Waals surface area contributed by atoms with Gasteiger partial charge in [-0.2, -0.15) is 0 Å². The van der Waals surface area contributed by atoms with Gasteiger partial charge in [-0.25, -0.2) is 8.78 Å². The first kappa shape index (κ1) is 12.1. The molecule has 6 heteroatoms. The van der Waals surface area contributed by atoms with Gasteiger partial charge in [0.15, 0.2) is 11.6 Å². The van der Waals surface area contributed by atoms with Gasteiger partial charge in [0.25, 0.3) is 0 Å². The van der Waals surface area contributed by atoms with Crippen LogP contribution in [0.4, 0.5) is 8.78 Å². The average molecular weight is 281 g/mol. The lowest BCUT2D eigenvalue weighted by molar-refractivity contribution is -0.139. The minimum absolute atomic E-state index is 0.0105. The summed E-state index contributed by atoms with van der Waals surface area (Å²) < 4.78 is 25.6. The van der Waals surface area contributed by atoms with E-state index in [9.17, 15) is 18.7 Å². The van der Waals surface area contributed by atoms with Gasteiger partial charge in [0.05, 0.1) is 12.5 Å². The van der Waals surface area contributed by atoms with E-state index >= 15 is 0 Å². The largest absolute Gasteiger partial charge is 0.481 e. The molecule has 2 N–H and O–H groups in total. The van der Waals surface area contributed by atoms with Crippen molar-refractivity contribution >= 4 is 21.9 Å². The first-order valence-electron chi connectivity index (χ1n) is 3.96. The number of benzene rings is 1. The molecule has 0 aliphatic carbocycles. The molecule has 0 amide bonds. The van der Waals surface area contributed by atoms with Crippen LogP contribution in [0.2, 0.25) is 0 Å². The zero-order valence-corrected chi connectivity index (χ0v) is 8.96. The first-order valence-corrected chi connectivity index (χ1v) is 4.75. The maximum Gasteiger partial charge on any atom is 0.306 e. The average Bonchev–Trinajstić information content (AvgIpc) is 2.09. The lowest BCUT2D eigenvalue weighted by Gasteiger charge is -2.10. The fourth-order valence-corrected chi connectivity index (χ4v) is 1.65. The summed E-state index contributed by atoms with van der Waals surface area (Å²) in [5.74, 6) is -3.41. The summed E-state index contributed by atoms with van der Waals surface area (Å²) in [5.41, 5.74) is 0.0105. The van der Waals surface area contributed by atoms with Crippen molar-refractivity contribution in [2.75, 3.05) is 0 Å². The van der Waals surface area contributed by atoms with E-state index in [-0.39, 0.29) is 10.0 Å². The SMILES string of the molecule is O=C(O)C[C@H](O)c1cc(F)c(F)cc1Br. The van der Waals surface area contributed by atoms with Crippen LogP contribution in [-0.4, -0.2) is 16.2 Å². The molecular weight excluding hydrogens is 274 g/mol. The molecular formula is C9H7BrF2O3. The van der Waals surface area contributed by atoms with Gasteiger partial charge in [-0.15, -0.1) is 0 Å². The third kappa shape index (κ3) is 2.97. The summed E-state index contributed by atoms with van der Waals surface area (Å²) in [5, 5.41) is 17.8. The molecule has 15 heavy (non-hydrogen) atoms. The second-order valence-corrected chi connectivity index (χ2v) is 3.76. The number of carbonyl (C=O) groups is 1. The van der Waals surface area contributed by atoms with E-state index in [1.54, 1.807) is 0 Å². The van der Waals surface area contributed by atoms with E-state index in [0.29, 0.717) is 0 Å². The quantitative estimate of drug-likeness (QED) is 0.835. The van der Waals surface area contributed by atoms with E-state index in [1.807, 2.05) is 0 Å². The molecule has 1 aromatic carbocycles. The molecule has 82 valence electrons. The molecule has 1 atom stereocenters. The molecule has 3 nitrogen and oxygen atoms in total. The van der Waals surface area contributed by atoms with Crippen molar-refractivity contribution in [3.05, 3.63) is 33.8 Å². The van der Waals surface area contributed by atoms with E-state index in [2.05, 4.69) is 15.9 Å². The van der Waals surface area contributed by atoms with Gasteiger partial charge in [0, 0.05) is 4.47 Å². The number of carboxylic acids is 1. The van der Waals surface area contributed by atoms with Crippen molar-refractivity contribution in [1.29, 1.82) is 0 Å². The Morgan fingerprint density at radius 1 is 1.40 bits per heavy atom. The fraction of sp³-hybridized carbons (Fsp3) is 0.222. The summed E-state index contributed by atoms with van der Waals surface area (Å²) >= 11 is 2.91. The standard InChI is InChI=1S/C9H7BrF2O3/c10-5-2-7(12)6(11)1-4(5)8(13)3-9(14)15/h1-2,8,13H,3H2,(H,14,15)/t8-/m0/s1. The fourth-order valence-electron chi connectivity index (χ4n) is 1.07. The molecule has 0 heterocycles. The number of carboxylic acid groups (broad SMARTS) is 1. The summed E-state index contributed by atoms with van der Waals surface area (Å²) in [6, 6.07) is 1.61. The maximum atomic E-state index is 12.8. The highest BCUT2D eigenvalue weighted by molar-refractivity contribution is 9.10. The minimum Gasteiger partial charge on any atom is -0.481 e. The third-order valence-corrected chi connectivity index (χ3v) is 2.45. The van der Waals surface area contributed by atoms with Crippen LogP contribution >= 0.6 is 15.9 Å². The van der Waals surface area contributed by atoms with Crippen molar-refractivity contribution in [1.82, 2.24) is 0 Å². The van der Waals surface area contributed by atoms with Crippen LogP contribution in [0.1, 0.15) is 18.1 Å². The van der Waals surface area contributed by atoms with Gasteiger partial charge in [-0.3, -0.25) is 4.79 Å². The number of hydrogen-bond acceptors (Lipinski definition) is 2. The Hall–Kier alpha value is -1.01. The van der Waals surface area contributed by atoms with E-state index in [1.165, 1.54) is 0 Å². The van der Waals surface area contributed by atoms with E-state index < -0.39 is 30.1 Å². The number of halogens is 3. The van der Waals surface area contributed by atoms with Crippen molar-refractivity contribution in [2.45, 2.75) is 12.5 Å². The van der Waals surface area contributed by atoms with Crippen molar-refractivity contribution in [3.63, 3.8) is 0 Å². The second-order valence-electron chi connectivity index (χ2n) is 2.90. The molecule has 1 aromatic rings. The Labute approximate surface area is 92.5 Å². The molecule has 0 spiro atoms. The second kappa shape index (κ2) is 4.67. The molecule has 0 unspecified atom stereocenters. The molecule has 0 radical (unpaired) electrons. The van der Waals surface area contributed by atoms with Crippen LogP contribution in [0, 0.1) is 11.6 Å². The highest BCUT2D eigenvalue weighted by Crippen LogP contribution is 2.27. The smallest absolute Gasteiger partial charge is 0.306 e. The normalized spacial score (nSPS) is 12.5. The van der Waals surface area contributed by atoms with Gasteiger partial charge in [-0.1, -0.05) is 15.9 Å². The topological polar surface area (TPSA) is 57.5 Å². The molecule has 0 aliphatic rings. The summed E-state index contributed by atoms with van der Waals surface area (Å²) in [6.45, 7) is 0. The van der Waals surface area contributed by atoms with Gasteiger partial charge in [0.2, 0.25) is 0 Å². The number of aliphatic hydroxyl groups is 1. The third-order valence-electron chi connectivity index (χ3n) is 1.77. The van der Waals surface area contributed by atoms with Crippen LogP contribution in [0.5, 0.6) is 0 Å². The number of aliphatic hydroxyl groups excluding tert-OH is 1. The van der Waals surface area contributed by atoms with Crippen LogP contribution in [0.15, 0.2) is 16.6 Å². The summed E-state index contributed by atoms with van der Waals surface area (Å²) in [4.78, 5) is 10.3. The highest BCUT2D eigenvalue weighted by Gasteiger charge is 2.17. The predicted molar refractivity (Wildman–Crippen MR) is 51.3 cm³/mol. The number of aliphatic carboxylic acids is 1. The zero-order chi connectivity index (χ0) is 11.6. The molecule has 0 bridgehead atoms. The zero-order valence-electron chi connectivity index (χ0n) is 7.38. The van der Waals surface area contributed by atoms with Crippen LogP contribution < -0.4 is 0 Å². The van der Waals surface area contributed by atoms with Crippen molar-refractivity contribution in [3.8, 4) is 0 Å². The van der Waals surface area contributed by atoms with Gasteiger partial charge >= 0.3 is 5.97 Å². The van der Waals surface area contributed by atoms with Gasteiger partial charge < -0.3 is 10.2 Å². The Morgan fingerprint density at radius 3 is 2.47 bits per heavy atom. The highest BCUT2D eigenvalue weighted by atomic mass is 79.9.